The highest BCUT2D eigenvalue weighted by Crippen LogP contribution is 2.29. The monoisotopic (exact) mass is 516 g/mol. The largest absolute Gasteiger partial charge is 0.497 e. The predicted octanol–water partition coefficient (Wildman–Crippen LogP) is 3.93. The number of aryl methyl sites for hydroxylation is 2. The topological polar surface area (TPSA) is 87.3 Å². The lowest BCUT2D eigenvalue weighted by molar-refractivity contribution is -0.121. The molecule has 2 heterocycles. The van der Waals surface area contributed by atoms with Crippen LogP contribution in [-0.2, 0) is 24.9 Å². The highest BCUT2D eigenvalue weighted by atomic mass is 35.5. The Labute approximate surface area is 217 Å². The molecule has 9 heteroatoms. The molecule has 2 aromatic heterocycles. The van der Waals surface area contributed by atoms with Gasteiger partial charge in [0.05, 0.1) is 23.8 Å². The minimum Gasteiger partial charge on any atom is -0.497 e. The van der Waals surface area contributed by atoms with Crippen molar-refractivity contribution in [3.05, 3.63) is 104 Å². The Balaban J connectivity index is 1.71. The van der Waals surface area contributed by atoms with E-state index in [1.807, 2.05) is 43.3 Å². The minimum absolute atomic E-state index is 0.206. The molecule has 1 N–H and O–H groups in total. The Morgan fingerprint density at radius 2 is 1.73 bits per heavy atom. The number of rotatable bonds is 6. The third-order valence-corrected chi connectivity index (χ3v) is 6.87. The second kappa shape index (κ2) is 9.63. The van der Waals surface area contributed by atoms with E-state index in [0.717, 1.165) is 21.2 Å². The Hall–Kier alpha value is -4.30. The van der Waals surface area contributed by atoms with Crippen molar-refractivity contribution in [2.45, 2.75) is 20.0 Å². The standard InChI is InChI=1S/C28H25ClN4O4/c1-17-8-10-19(11-9-17)33-27(35)26-25(21-14-20(37-3)12-13-23(21)31(26)2)32(28(33)36)16-24(34)30-15-18-6-4-5-7-22(18)29/h4-14H,15-16H2,1-3H3,(H,30,34). The van der Waals surface area contributed by atoms with E-state index in [0.29, 0.717) is 32.9 Å². The van der Waals surface area contributed by atoms with Gasteiger partial charge >= 0.3 is 5.69 Å². The van der Waals surface area contributed by atoms with E-state index in [9.17, 15) is 14.4 Å². The van der Waals surface area contributed by atoms with Gasteiger partial charge in [-0.15, -0.1) is 0 Å². The van der Waals surface area contributed by atoms with Crippen LogP contribution in [0.2, 0.25) is 5.02 Å². The van der Waals surface area contributed by atoms with Crippen molar-refractivity contribution < 1.29 is 9.53 Å². The van der Waals surface area contributed by atoms with Crippen molar-refractivity contribution in [2.24, 2.45) is 7.05 Å². The molecule has 0 saturated carbocycles. The average Bonchev–Trinajstić information content (AvgIpc) is 3.19. The first-order chi connectivity index (χ1) is 17.8. The molecule has 0 spiro atoms. The van der Waals surface area contributed by atoms with Crippen molar-refractivity contribution >= 4 is 39.4 Å². The van der Waals surface area contributed by atoms with Crippen LogP contribution in [0.1, 0.15) is 11.1 Å². The Kier molecular flexibility index (Phi) is 6.35. The number of hydrogen-bond acceptors (Lipinski definition) is 4. The predicted molar refractivity (Wildman–Crippen MR) is 145 cm³/mol. The molecule has 5 aromatic rings. The summed E-state index contributed by atoms with van der Waals surface area (Å²) in [6, 6.07) is 19.7. The fourth-order valence-corrected chi connectivity index (χ4v) is 4.76. The van der Waals surface area contributed by atoms with Crippen LogP contribution in [0.5, 0.6) is 5.75 Å². The molecule has 3 aromatic carbocycles. The van der Waals surface area contributed by atoms with Crippen LogP contribution in [0.15, 0.2) is 76.3 Å². The van der Waals surface area contributed by atoms with Crippen molar-refractivity contribution in [1.29, 1.82) is 0 Å². The Bertz CT molecular complexity index is 1780. The molecular formula is C28H25ClN4O4. The van der Waals surface area contributed by atoms with Crippen LogP contribution in [0.4, 0.5) is 0 Å². The van der Waals surface area contributed by atoms with E-state index >= 15 is 0 Å². The maximum atomic E-state index is 13.8. The van der Waals surface area contributed by atoms with E-state index in [1.165, 1.54) is 4.57 Å². The molecule has 0 unspecified atom stereocenters. The number of carbonyl (C=O) groups is 1. The van der Waals surface area contributed by atoms with Crippen LogP contribution in [0.3, 0.4) is 0 Å². The molecule has 0 aliphatic heterocycles. The van der Waals surface area contributed by atoms with Gasteiger partial charge in [0.2, 0.25) is 5.91 Å². The fourth-order valence-electron chi connectivity index (χ4n) is 4.56. The second-order valence-electron chi connectivity index (χ2n) is 8.85. The first kappa shape index (κ1) is 24.4. The zero-order chi connectivity index (χ0) is 26.3. The number of nitrogens with zero attached hydrogens (tertiary/aromatic N) is 3. The fraction of sp³-hybridized carbons (Fsp3) is 0.179. The SMILES string of the molecule is COc1ccc2c(c1)c1c(c(=O)n(-c3ccc(C)cc3)c(=O)n1CC(=O)NCc1ccccc1Cl)n2C. The number of ether oxygens (including phenoxy) is 1. The lowest BCUT2D eigenvalue weighted by Crippen LogP contribution is -2.42. The van der Waals surface area contributed by atoms with Crippen LogP contribution in [-0.4, -0.2) is 26.7 Å². The van der Waals surface area contributed by atoms with E-state index in [1.54, 1.807) is 49.1 Å². The van der Waals surface area contributed by atoms with E-state index in [-0.39, 0.29) is 13.1 Å². The molecule has 5 rings (SSSR count). The number of benzene rings is 3. The summed E-state index contributed by atoms with van der Waals surface area (Å²) >= 11 is 6.23. The number of hydrogen-bond donors (Lipinski definition) is 1. The molecule has 1 amide bonds. The molecule has 0 aliphatic rings. The molecule has 37 heavy (non-hydrogen) atoms. The van der Waals surface area contributed by atoms with Gasteiger partial charge in [-0.1, -0.05) is 47.5 Å². The van der Waals surface area contributed by atoms with Crippen LogP contribution in [0, 0.1) is 6.92 Å². The molecule has 188 valence electrons. The Morgan fingerprint density at radius 3 is 2.43 bits per heavy atom. The summed E-state index contributed by atoms with van der Waals surface area (Å²) in [5, 5.41) is 4.02. The number of halogens is 1. The van der Waals surface area contributed by atoms with Crippen molar-refractivity contribution in [2.75, 3.05) is 7.11 Å². The molecule has 0 atom stereocenters. The average molecular weight is 517 g/mol. The molecule has 0 bridgehead atoms. The number of methoxy groups -OCH3 is 1. The molecular weight excluding hydrogens is 492 g/mol. The summed E-state index contributed by atoms with van der Waals surface area (Å²) in [7, 11) is 3.32. The van der Waals surface area contributed by atoms with Gasteiger partial charge in [0.25, 0.3) is 5.56 Å². The second-order valence-corrected chi connectivity index (χ2v) is 9.26. The summed E-state index contributed by atoms with van der Waals surface area (Å²) in [5.41, 5.74) is 2.53. The molecule has 0 aliphatic carbocycles. The Morgan fingerprint density at radius 1 is 1.00 bits per heavy atom. The number of carbonyl (C=O) groups excluding carboxylic acids is 1. The van der Waals surface area contributed by atoms with Crippen molar-refractivity contribution in [1.82, 2.24) is 19.0 Å². The van der Waals surface area contributed by atoms with Gasteiger partial charge in [-0.2, -0.15) is 0 Å². The van der Waals surface area contributed by atoms with Gasteiger partial charge in [-0.3, -0.25) is 14.2 Å². The highest BCUT2D eigenvalue weighted by molar-refractivity contribution is 6.31. The lowest BCUT2D eigenvalue weighted by Gasteiger charge is -2.14. The normalized spacial score (nSPS) is 11.2. The molecule has 0 radical (unpaired) electrons. The van der Waals surface area contributed by atoms with Gasteiger partial charge in [0, 0.05) is 24.0 Å². The van der Waals surface area contributed by atoms with Crippen LogP contribution in [0.25, 0.3) is 27.6 Å². The summed E-state index contributed by atoms with van der Waals surface area (Å²) in [6.45, 7) is 1.84. The van der Waals surface area contributed by atoms with Crippen molar-refractivity contribution in [3.63, 3.8) is 0 Å². The first-order valence-electron chi connectivity index (χ1n) is 11.7. The lowest BCUT2D eigenvalue weighted by atomic mass is 10.2. The summed E-state index contributed by atoms with van der Waals surface area (Å²) in [4.78, 5) is 40.7. The summed E-state index contributed by atoms with van der Waals surface area (Å²) in [5.74, 6) is 0.183. The number of fused-ring (bicyclic) bond motifs is 3. The smallest absolute Gasteiger partial charge is 0.336 e. The number of amides is 1. The summed E-state index contributed by atoms with van der Waals surface area (Å²) < 4.78 is 9.60. The van der Waals surface area contributed by atoms with Gasteiger partial charge in [0.1, 0.15) is 17.8 Å². The molecule has 8 nitrogen and oxygen atoms in total. The molecule has 0 saturated heterocycles. The van der Waals surface area contributed by atoms with E-state index in [4.69, 9.17) is 16.3 Å². The number of nitrogens with one attached hydrogen (secondary N) is 1. The van der Waals surface area contributed by atoms with E-state index < -0.39 is 17.2 Å². The number of aromatic nitrogens is 3. The third-order valence-electron chi connectivity index (χ3n) is 6.51. The van der Waals surface area contributed by atoms with Crippen LogP contribution < -0.4 is 21.3 Å². The van der Waals surface area contributed by atoms with Crippen LogP contribution >= 0.6 is 11.6 Å². The van der Waals surface area contributed by atoms with Crippen molar-refractivity contribution in [3.8, 4) is 11.4 Å². The van der Waals surface area contributed by atoms with Gasteiger partial charge in [-0.25, -0.2) is 9.36 Å². The van der Waals surface area contributed by atoms with Gasteiger partial charge < -0.3 is 14.6 Å². The third kappa shape index (κ3) is 4.29. The zero-order valence-electron chi connectivity index (χ0n) is 20.6. The summed E-state index contributed by atoms with van der Waals surface area (Å²) in [6.07, 6.45) is 0. The molecule has 0 fully saturated rings. The van der Waals surface area contributed by atoms with E-state index in [2.05, 4.69) is 5.32 Å². The van der Waals surface area contributed by atoms with Gasteiger partial charge in [0.15, 0.2) is 0 Å². The maximum Gasteiger partial charge on any atom is 0.336 e. The maximum absolute atomic E-state index is 13.8. The first-order valence-corrected chi connectivity index (χ1v) is 12.1. The quantitative estimate of drug-likeness (QED) is 0.370. The zero-order valence-corrected chi connectivity index (χ0v) is 21.4. The highest BCUT2D eigenvalue weighted by Gasteiger charge is 2.23. The minimum atomic E-state index is -0.607. The van der Waals surface area contributed by atoms with Gasteiger partial charge in [-0.05, 0) is 48.9 Å².